The maximum atomic E-state index is 13.0. The van der Waals surface area contributed by atoms with Gasteiger partial charge in [0.15, 0.2) is 0 Å². The maximum Gasteiger partial charge on any atom is 0.235 e. The molecule has 0 saturated heterocycles. The van der Waals surface area contributed by atoms with Gasteiger partial charge in [-0.3, -0.25) is 9.89 Å². The molecular formula is C28H28N4O3. The first-order chi connectivity index (χ1) is 17.0. The van der Waals surface area contributed by atoms with Crippen LogP contribution >= 0.6 is 0 Å². The van der Waals surface area contributed by atoms with Crippen LogP contribution in [0.25, 0.3) is 22.2 Å². The summed E-state index contributed by atoms with van der Waals surface area (Å²) >= 11 is 0. The number of likely N-dealkylation sites (N-methyl/N-ethyl adjacent to an activating group) is 1. The van der Waals surface area contributed by atoms with Gasteiger partial charge in [0, 0.05) is 29.1 Å². The SMILES string of the molecule is COc1ccc2c(c1)C1(CC1c1ccc3c(-c4ccc(OCCN(C)C)cc4)n[nH]c3c1)C(=O)N2. The molecule has 7 nitrogen and oxygen atoms in total. The average molecular weight is 469 g/mol. The number of anilines is 1. The van der Waals surface area contributed by atoms with E-state index in [9.17, 15) is 4.79 Å². The molecule has 7 heteroatoms. The summed E-state index contributed by atoms with van der Waals surface area (Å²) in [6.07, 6.45) is 0.792. The minimum atomic E-state index is -0.511. The summed E-state index contributed by atoms with van der Waals surface area (Å²) in [6, 6.07) is 20.2. The Balaban J connectivity index is 1.25. The van der Waals surface area contributed by atoms with Gasteiger partial charge in [-0.2, -0.15) is 5.10 Å². The Morgan fingerprint density at radius 1 is 1.06 bits per heavy atom. The number of aromatic nitrogens is 2. The Bertz CT molecular complexity index is 1430. The third kappa shape index (κ3) is 3.54. The van der Waals surface area contributed by atoms with Crippen molar-refractivity contribution < 1.29 is 14.3 Å². The van der Waals surface area contributed by atoms with Crippen LogP contribution in [0.4, 0.5) is 5.69 Å². The van der Waals surface area contributed by atoms with E-state index in [0.29, 0.717) is 6.61 Å². The molecule has 1 aliphatic heterocycles. The molecule has 2 aliphatic rings. The number of hydrogen-bond donors (Lipinski definition) is 2. The quantitative estimate of drug-likeness (QED) is 0.416. The normalized spacial score (nSPS) is 20.3. The maximum absolute atomic E-state index is 13.0. The van der Waals surface area contributed by atoms with Gasteiger partial charge in [0.1, 0.15) is 18.1 Å². The number of hydrogen-bond acceptors (Lipinski definition) is 5. The largest absolute Gasteiger partial charge is 0.497 e. The zero-order chi connectivity index (χ0) is 24.2. The first-order valence-electron chi connectivity index (χ1n) is 11.9. The van der Waals surface area contributed by atoms with Crippen molar-refractivity contribution in [3.8, 4) is 22.8 Å². The van der Waals surface area contributed by atoms with E-state index < -0.39 is 5.41 Å². The molecule has 6 rings (SSSR count). The number of ether oxygens (including phenoxy) is 2. The Morgan fingerprint density at radius 2 is 1.86 bits per heavy atom. The molecule has 1 saturated carbocycles. The number of fused-ring (bicyclic) bond motifs is 3. The summed E-state index contributed by atoms with van der Waals surface area (Å²) in [5.74, 6) is 1.83. The third-order valence-electron chi connectivity index (χ3n) is 7.25. The fourth-order valence-corrected chi connectivity index (χ4v) is 5.23. The van der Waals surface area contributed by atoms with E-state index in [1.807, 2.05) is 56.6 Å². The molecule has 0 radical (unpaired) electrons. The number of rotatable bonds is 7. The van der Waals surface area contributed by atoms with Crippen molar-refractivity contribution in [2.45, 2.75) is 17.8 Å². The number of carbonyl (C=O) groups is 1. The van der Waals surface area contributed by atoms with Crippen LogP contribution in [-0.4, -0.2) is 55.4 Å². The first-order valence-corrected chi connectivity index (χ1v) is 11.9. The highest BCUT2D eigenvalue weighted by Gasteiger charge is 2.65. The zero-order valence-electron chi connectivity index (χ0n) is 20.1. The van der Waals surface area contributed by atoms with E-state index in [4.69, 9.17) is 9.47 Å². The number of nitrogens with zero attached hydrogens (tertiary/aromatic N) is 2. The molecule has 2 N–H and O–H groups in total. The number of aromatic amines is 1. The standard InChI is InChI=1S/C28H28N4O3/c1-32(2)12-13-35-19-7-4-17(5-8-19)26-21-10-6-18(14-25(21)30-31-26)23-16-28(23)22-15-20(34-3)9-11-24(22)29-27(28)33/h4-11,14-15,23H,12-13,16H2,1-3H3,(H,29,33)(H,30,31). The second kappa shape index (κ2) is 8.13. The molecule has 1 aromatic heterocycles. The van der Waals surface area contributed by atoms with Gasteiger partial charge < -0.3 is 19.7 Å². The summed E-state index contributed by atoms with van der Waals surface area (Å²) in [4.78, 5) is 15.1. The van der Waals surface area contributed by atoms with Crippen molar-refractivity contribution in [3.63, 3.8) is 0 Å². The van der Waals surface area contributed by atoms with Crippen LogP contribution in [0, 0.1) is 0 Å². The minimum absolute atomic E-state index is 0.0732. The molecule has 35 heavy (non-hydrogen) atoms. The fraction of sp³-hybridized carbons (Fsp3) is 0.286. The topological polar surface area (TPSA) is 79.5 Å². The van der Waals surface area contributed by atoms with Crippen LogP contribution < -0.4 is 14.8 Å². The summed E-state index contributed by atoms with van der Waals surface area (Å²) in [7, 11) is 5.71. The van der Waals surface area contributed by atoms with Gasteiger partial charge in [0.05, 0.1) is 23.7 Å². The lowest BCUT2D eigenvalue weighted by Gasteiger charge is -2.11. The lowest BCUT2D eigenvalue weighted by atomic mass is 9.91. The highest BCUT2D eigenvalue weighted by atomic mass is 16.5. The van der Waals surface area contributed by atoms with Crippen LogP contribution in [0.3, 0.4) is 0 Å². The molecule has 1 amide bonds. The molecule has 178 valence electrons. The van der Waals surface area contributed by atoms with E-state index in [1.54, 1.807) is 7.11 Å². The Hall–Kier alpha value is -3.84. The van der Waals surface area contributed by atoms with Crippen LogP contribution in [0.1, 0.15) is 23.5 Å². The predicted molar refractivity (Wildman–Crippen MR) is 136 cm³/mol. The molecule has 2 unspecified atom stereocenters. The fourth-order valence-electron chi connectivity index (χ4n) is 5.23. The smallest absolute Gasteiger partial charge is 0.235 e. The van der Waals surface area contributed by atoms with Crippen LogP contribution in [0.15, 0.2) is 60.7 Å². The van der Waals surface area contributed by atoms with Gasteiger partial charge in [-0.1, -0.05) is 12.1 Å². The van der Waals surface area contributed by atoms with Gasteiger partial charge >= 0.3 is 0 Å². The number of amides is 1. The second-order valence-electron chi connectivity index (χ2n) is 9.65. The van der Waals surface area contributed by atoms with Gasteiger partial charge in [-0.25, -0.2) is 0 Å². The summed E-state index contributed by atoms with van der Waals surface area (Å²) in [5, 5.41) is 11.9. The zero-order valence-corrected chi connectivity index (χ0v) is 20.1. The van der Waals surface area contributed by atoms with E-state index >= 15 is 0 Å². The molecule has 0 bridgehead atoms. The molecule has 1 spiro atoms. The number of methoxy groups -OCH3 is 1. The number of nitrogens with one attached hydrogen (secondary N) is 2. The summed E-state index contributed by atoms with van der Waals surface area (Å²) in [6.45, 7) is 1.52. The molecule has 2 atom stereocenters. The van der Waals surface area contributed by atoms with E-state index in [1.165, 1.54) is 0 Å². The van der Waals surface area contributed by atoms with Crippen molar-refractivity contribution in [2.75, 3.05) is 39.7 Å². The minimum Gasteiger partial charge on any atom is -0.497 e. The number of H-pyrrole nitrogens is 1. The molecule has 3 aromatic carbocycles. The summed E-state index contributed by atoms with van der Waals surface area (Å²) in [5.41, 5.74) is 5.46. The lowest BCUT2D eigenvalue weighted by Crippen LogP contribution is -2.21. The van der Waals surface area contributed by atoms with E-state index in [0.717, 1.165) is 63.4 Å². The van der Waals surface area contributed by atoms with Crippen molar-refractivity contribution in [1.82, 2.24) is 15.1 Å². The number of benzene rings is 3. The van der Waals surface area contributed by atoms with Crippen molar-refractivity contribution in [1.29, 1.82) is 0 Å². The van der Waals surface area contributed by atoms with Crippen molar-refractivity contribution in [3.05, 3.63) is 71.8 Å². The highest BCUT2D eigenvalue weighted by Crippen LogP contribution is 2.65. The Morgan fingerprint density at radius 3 is 2.63 bits per heavy atom. The van der Waals surface area contributed by atoms with E-state index in [2.05, 4.69) is 38.6 Å². The van der Waals surface area contributed by atoms with Crippen LogP contribution in [0.2, 0.25) is 0 Å². The van der Waals surface area contributed by atoms with Crippen molar-refractivity contribution in [2.24, 2.45) is 0 Å². The van der Waals surface area contributed by atoms with Gasteiger partial charge in [0.2, 0.25) is 5.91 Å². The molecule has 2 heterocycles. The van der Waals surface area contributed by atoms with Gasteiger partial charge in [-0.05, 0) is 80.2 Å². The highest BCUT2D eigenvalue weighted by molar-refractivity contribution is 6.10. The number of carbonyl (C=O) groups excluding carboxylic acids is 1. The first kappa shape index (κ1) is 21.7. The average Bonchev–Trinajstić information content (AvgIpc) is 3.39. The lowest BCUT2D eigenvalue weighted by molar-refractivity contribution is -0.118. The van der Waals surface area contributed by atoms with E-state index in [-0.39, 0.29) is 11.8 Å². The van der Waals surface area contributed by atoms with Gasteiger partial charge in [-0.15, -0.1) is 0 Å². The summed E-state index contributed by atoms with van der Waals surface area (Å²) < 4.78 is 11.2. The van der Waals surface area contributed by atoms with Crippen LogP contribution in [-0.2, 0) is 10.2 Å². The Labute approximate surface area is 204 Å². The monoisotopic (exact) mass is 468 g/mol. The van der Waals surface area contributed by atoms with Gasteiger partial charge in [0.25, 0.3) is 0 Å². The second-order valence-corrected chi connectivity index (χ2v) is 9.65. The Kier molecular flexibility index (Phi) is 5.04. The van der Waals surface area contributed by atoms with Crippen LogP contribution in [0.5, 0.6) is 11.5 Å². The molecule has 1 aliphatic carbocycles. The third-order valence-corrected chi connectivity index (χ3v) is 7.25. The molecule has 4 aromatic rings. The predicted octanol–water partition coefficient (Wildman–Crippen LogP) is 4.56. The van der Waals surface area contributed by atoms with Crippen molar-refractivity contribution >= 4 is 22.5 Å². The molecular weight excluding hydrogens is 440 g/mol. The molecule has 1 fully saturated rings.